The SMILES string of the molecule is CCCCC/C=C\C/C=C\CCCCCCCCC1(CCCCCC/C=C\C/C=C\CCCCCCC)O[C@@H]2[C@H]3C[C@H]([C@@H]2O1)[C@H](N(C)C)C3. The molecular weight excluding hydrogens is 599 g/mol. The van der Waals surface area contributed by atoms with Crippen molar-refractivity contribution in [3.8, 4) is 0 Å². The number of hydrogen-bond acceptors (Lipinski definition) is 3. The van der Waals surface area contributed by atoms with Crippen molar-refractivity contribution in [2.75, 3.05) is 14.1 Å². The van der Waals surface area contributed by atoms with Crippen LogP contribution in [0.3, 0.4) is 0 Å². The second-order valence-electron chi connectivity index (χ2n) is 16.2. The Morgan fingerprint density at radius 1 is 0.490 bits per heavy atom. The maximum atomic E-state index is 7.06. The van der Waals surface area contributed by atoms with Crippen LogP contribution in [-0.4, -0.2) is 43.0 Å². The Labute approximate surface area is 305 Å². The van der Waals surface area contributed by atoms with E-state index in [-0.39, 0.29) is 5.79 Å². The first-order valence-electron chi connectivity index (χ1n) is 21.7. The molecule has 3 fully saturated rings. The van der Waals surface area contributed by atoms with E-state index >= 15 is 0 Å². The topological polar surface area (TPSA) is 21.7 Å². The third-order valence-corrected chi connectivity index (χ3v) is 11.7. The summed E-state index contributed by atoms with van der Waals surface area (Å²) in [6.45, 7) is 4.56. The second kappa shape index (κ2) is 26.6. The van der Waals surface area contributed by atoms with Gasteiger partial charge in [0.2, 0.25) is 0 Å². The number of hydrogen-bond donors (Lipinski definition) is 0. The highest BCUT2D eigenvalue weighted by Gasteiger charge is 2.62. The molecule has 0 spiro atoms. The number of allylic oxidation sites excluding steroid dienone is 8. The van der Waals surface area contributed by atoms with Crippen LogP contribution >= 0.6 is 0 Å². The average molecular weight is 680 g/mol. The van der Waals surface area contributed by atoms with Crippen LogP contribution in [0.4, 0.5) is 0 Å². The molecule has 0 radical (unpaired) electrons. The van der Waals surface area contributed by atoms with Crippen LogP contribution in [0.15, 0.2) is 48.6 Å². The van der Waals surface area contributed by atoms with E-state index in [0.29, 0.717) is 30.1 Å². The fourth-order valence-electron chi connectivity index (χ4n) is 8.78. The van der Waals surface area contributed by atoms with Gasteiger partial charge in [0, 0.05) is 24.8 Å². The van der Waals surface area contributed by atoms with Crippen LogP contribution in [-0.2, 0) is 9.47 Å². The second-order valence-corrected chi connectivity index (χ2v) is 16.2. The van der Waals surface area contributed by atoms with Crippen molar-refractivity contribution < 1.29 is 9.47 Å². The van der Waals surface area contributed by atoms with Crippen molar-refractivity contribution in [1.82, 2.24) is 4.90 Å². The lowest BCUT2D eigenvalue weighted by molar-refractivity contribution is -0.196. The molecule has 6 atom stereocenters. The van der Waals surface area contributed by atoms with Crippen LogP contribution < -0.4 is 0 Å². The predicted molar refractivity (Wildman–Crippen MR) is 214 cm³/mol. The standard InChI is InChI=1S/C46H81NO2/c1-5-7-9-11-13-15-17-19-21-23-25-27-29-31-33-35-37-46(48-44-41-39-42(45(44)49-46)43(40-41)47(3)4)38-36-34-32-30-28-26-24-22-20-18-16-14-12-10-8-6-2/h13,15,18-21,24,26,41-45H,5-12,14,16-17,22-23,25,27-40H2,1-4H3/b15-13-,20-18-,21-19-,26-24-/t41-,42-,43+,44+,45-,46?/m0/s1. The monoisotopic (exact) mass is 680 g/mol. The third-order valence-electron chi connectivity index (χ3n) is 11.7. The number of unbranched alkanes of at least 4 members (excludes halogenated alkanes) is 18. The molecule has 0 aromatic heterocycles. The van der Waals surface area contributed by atoms with Gasteiger partial charge in [-0.1, -0.05) is 140 Å². The molecule has 1 saturated heterocycles. The normalized spacial score (nSPS) is 26.7. The van der Waals surface area contributed by atoms with Gasteiger partial charge in [-0.25, -0.2) is 0 Å². The fourth-order valence-corrected chi connectivity index (χ4v) is 8.78. The number of fused-ring (bicyclic) bond motifs is 5. The smallest absolute Gasteiger partial charge is 0.169 e. The van der Waals surface area contributed by atoms with Crippen LogP contribution in [0.1, 0.15) is 194 Å². The van der Waals surface area contributed by atoms with Gasteiger partial charge in [0.05, 0.1) is 12.2 Å². The summed E-state index contributed by atoms with van der Waals surface area (Å²) in [6, 6.07) is 0.673. The van der Waals surface area contributed by atoms with Gasteiger partial charge in [0.15, 0.2) is 5.79 Å². The molecule has 0 amide bonds. The fraction of sp³-hybridized carbons (Fsp3) is 0.826. The molecule has 1 aliphatic heterocycles. The number of nitrogens with zero attached hydrogens (tertiary/aromatic N) is 1. The molecule has 282 valence electrons. The summed E-state index contributed by atoms with van der Waals surface area (Å²) in [5.41, 5.74) is 0. The molecule has 0 aromatic carbocycles. The van der Waals surface area contributed by atoms with Gasteiger partial charge in [-0.2, -0.15) is 0 Å². The van der Waals surface area contributed by atoms with E-state index in [1.807, 2.05) is 0 Å². The quantitative estimate of drug-likeness (QED) is 0.0538. The zero-order valence-corrected chi connectivity index (χ0v) is 33.1. The highest BCUT2D eigenvalue weighted by atomic mass is 16.8. The van der Waals surface area contributed by atoms with Gasteiger partial charge >= 0.3 is 0 Å². The molecule has 1 unspecified atom stereocenters. The van der Waals surface area contributed by atoms with E-state index in [1.54, 1.807) is 0 Å². The summed E-state index contributed by atoms with van der Waals surface area (Å²) in [5.74, 6) is 1.05. The Kier molecular flexibility index (Phi) is 22.9. The molecule has 3 heteroatoms. The van der Waals surface area contributed by atoms with E-state index in [0.717, 1.165) is 25.7 Å². The summed E-state index contributed by atoms with van der Waals surface area (Å²) in [5, 5.41) is 0. The summed E-state index contributed by atoms with van der Waals surface area (Å²) < 4.78 is 14.1. The number of rotatable bonds is 31. The van der Waals surface area contributed by atoms with Crippen molar-refractivity contribution >= 4 is 0 Å². The van der Waals surface area contributed by atoms with Crippen LogP contribution in [0.5, 0.6) is 0 Å². The maximum Gasteiger partial charge on any atom is 0.169 e. The van der Waals surface area contributed by atoms with Crippen molar-refractivity contribution in [2.45, 2.75) is 218 Å². The third kappa shape index (κ3) is 16.8. The van der Waals surface area contributed by atoms with Crippen LogP contribution in [0.2, 0.25) is 0 Å². The first kappa shape index (κ1) is 42.3. The summed E-state index contributed by atoms with van der Waals surface area (Å²) in [7, 11) is 4.52. The molecule has 2 saturated carbocycles. The zero-order valence-electron chi connectivity index (χ0n) is 33.1. The molecule has 3 nitrogen and oxygen atoms in total. The van der Waals surface area contributed by atoms with Gasteiger partial charge in [0.1, 0.15) is 0 Å². The lowest BCUT2D eigenvalue weighted by atomic mass is 9.90. The summed E-state index contributed by atoms with van der Waals surface area (Å²) >= 11 is 0. The van der Waals surface area contributed by atoms with Gasteiger partial charge in [-0.05, 0) is 110 Å². The lowest BCUT2D eigenvalue weighted by Gasteiger charge is -2.33. The highest BCUT2D eigenvalue weighted by Crippen LogP contribution is 2.55. The molecule has 2 bridgehead atoms. The molecule has 3 rings (SSSR count). The van der Waals surface area contributed by atoms with Gasteiger partial charge in [0.25, 0.3) is 0 Å². The molecule has 3 aliphatic rings. The Hall–Kier alpha value is -1.16. The summed E-state index contributed by atoms with van der Waals surface area (Å²) in [6.07, 6.45) is 55.6. The molecular formula is C46H81NO2. The minimum Gasteiger partial charge on any atom is -0.344 e. The zero-order chi connectivity index (χ0) is 34.8. The van der Waals surface area contributed by atoms with E-state index < -0.39 is 0 Å². The molecule has 0 N–H and O–H groups in total. The largest absolute Gasteiger partial charge is 0.344 e. The predicted octanol–water partition coefficient (Wildman–Crippen LogP) is 13.8. The van der Waals surface area contributed by atoms with E-state index in [2.05, 4.69) is 81.5 Å². The van der Waals surface area contributed by atoms with Gasteiger partial charge < -0.3 is 14.4 Å². The first-order chi connectivity index (χ1) is 24.1. The van der Waals surface area contributed by atoms with Crippen LogP contribution in [0, 0.1) is 11.8 Å². The van der Waals surface area contributed by atoms with E-state index in [9.17, 15) is 0 Å². The first-order valence-corrected chi connectivity index (χ1v) is 21.7. The van der Waals surface area contributed by atoms with Crippen LogP contribution in [0.25, 0.3) is 0 Å². The maximum absolute atomic E-state index is 7.06. The van der Waals surface area contributed by atoms with Crippen molar-refractivity contribution in [3.05, 3.63) is 48.6 Å². The average Bonchev–Trinajstić information content (AvgIpc) is 3.79. The van der Waals surface area contributed by atoms with E-state index in [4.69, 9.17) is 9.47 Å². The van der Waals surface area contributed by atoms with E-state index in [1.165, 1.54) is 154 Å². The highest BCUT2D eigenvalue weighted by molar-refractivity contribution is 5.09. The molecule has 1 heterocycles. The molecule has 49 heavy (non-hydrogen) atoms. The van der Waals surface area contributed by atoms with Crippen molar-refractivity contribution in [1.29, 1.82) is 0 Å². The minimum absolute atomic E-state index is 0.315. The Bertz CT molecular complexity index is 920. The summed E-state index contributed by atoms with van der Waals surface area (Å²) in [4.78, 5) is 2.45. The Morgan fingerprint density at radius 2 is 0.898 bits per heavy atom. The van der Waals surface area contributed by atoms with Crippen molar-refractivity contribution in [3.63, 3.8) is 0 Å². The Balaban J connectivity index is 1.28. The Morgan fingerprint density at radius 3 is 1.39 bits per heavy atom. The molecule has 2 aliphatic carbocycles. The number of ether oxygens (including phenoxy) is 2. The van der Waals surface area contributed by atoms with Gasteiger partial charge in [-0.15, -0.1) is 0 Å². The van der Waals surface area contributed by atoms with Gasteiger partial charge in [-0.3, -0.25) is 0 Å². The minimum atomic E-state index is -0.315. The molecule has 0 aromatic rings. The van der Waals surface area contributed by atoms with Crippen molar-refractivity contribution in [2.24, 2.45) is 11.8 Å². The lowest BCUT2D eigenvalue weighted by Crippen LogP contribution is -2.43.